The predicted octanol–water partition coefficient (Wildman–Crippen LogP) is 3.49. The van der Waals surface area contributed by atoms with Crippen LogP contribution in [0.1, 0.15) is 25.3 Å². The molecule has 2 aliphatic heterocycles. The Morgan fingerprint density at radius 2 is 2.32 bits per heavy atom. The molecular formula is C18H22ClN3O2S. The number of hydrogen-bond donors (Lipinski definition) is 2. The summed E-state index contributed by atoms with van der Waals surface area (Å²) in [7, 11) is 0. The van der Waals surface area contributed by atoms with E-state index in [-0.39, 0.29) is 24.2 Å². The number of aromatic nitrogens is 1. The average molecular weight is 380 g/mol. The van der Waals surface area contributed by atoms with Crippen molar-refractivity contribution in [2.75, 3.05) is 18.5 Å². The fourth-order valence-corrected chi connectivity index (χ4v) is 4.11. The number of nitrogens with one attached hydrogen (secondary N) is 2. The second-order valence-corrected chi connectivity index (χ2v) is 7.38. The van der Waals surface area contributed by atoms with Crippen molar-refractivity contribution in [3.05, 3.63) is 29.1 Å². The van der Waals surface area contributed by atoms with Gasteiger partial charge in [-0.2, -0.15) is 0 Å². The van der Waals surface area contributed by atoms with Gasteiger partial charge in [0.05, 0.1) is 12.3 Å². The summed E-state index contributed by atoms with van der Waals surface area (Å²) in [4.78, 5) is 17.0. The van der Waals surface area contributed by atoms with Gasteiger partial charge in [0.25, 0.3) is 0 Å². The number of hydrogen-bond acceptors (Lipinski definition) is 5. The Morgan fingerprint density at radius 3 is 3.16 bits per heavy atom. The first-order chi connectivity index (χ1) is 11.7. The molecule has 2 N–H and O–H groups in total. The molecule has 1 fully saturated rings. The number of thiazole rings is 1. The van der Waals surface area contributed by atoms with Crippen LogP contribution in [0.5, 0.6) is 5.75 Å². The Bertz CT molecular complexity index is 765. The highest BCUT2D eigenvalue weighted by Crippen LogP contribution is 2.32. The van der Waals surface area contributed by atoms with E-state index in [2.05, 4.69) is 28.6 Å². The number of rotatable bonds is 3. The Kier molecular flexibility index (Phi) is 5.61. The van der Waals surface area contributed by atoms with Crippen LogP contribution in [0.2, 0.25) is 0 Å². The van der Waals surface area contributed by atoms with Crippen LogP contribution in [0.3, 0.4) is 0 Å². The Morgan fingerprint density at radius 1 is 1.44 bits per heavy atom. The zero-order chi connectivity index (χ0) is 16.5. The zero-order valence-corrected chi connectivity index (χ0v) is 15.7. The normalized spacial score (nSPS) is 21.8. The lowest BCUT2D eigenvalue weighted by Crippen LogP contribution is -2.40. The molecule has 0 unspecified atom stereocenters. The minimum Gasteiger partial charge on any atom is -0.493 e. The van der Waals surface area contributed by atoms with Gasteiger partial charge in [-0.25, -0.2) is 4.98 Å². The van der Waals surface area contributed by atoms with Crippen molar-refractivity contribution in [1.29, 1.82) is 0 Å². The molecule has 4 rings (SSSR count). The van der Waals surface area contributed by atoms with Crippen molar-refractivity contribution in [1.82, 2.24) is 10.3 Å². The summed E-state index contributed by atoms with van der Waals surface area (Å²) in [5.74, 6) is 1.14. The lowest BCUT2D eigenvalue weighted by atomic mass is 9.92. The molecule has 2 aromatic rings. The van der Waals surface area contributed by atoms with Crippen LogP contribution in [-0.2, 0) is 11.2 Å². The van der Waals surface area contributed by atoms with Crippen molar-refractivity contribution in [3.8, 4) is 17.0 Å². The molecule has 0 bridgehead atoms. The van der Waals surface area contributed by atoms with Gasteiger partial charge in [-0.3, -0.25) is 4.79 Å². The number of piperidine rings is 1. The summed E-state index contributed by atoms with van der Waals surface area (Å²) < 4.78 is 5.54. The summed E-state index contributed by atoms with van der Waals surface area (Å²) >= 11 is 1.48. The molecule has 0 radical (unpaired) electrons. The standard InChI is InChI=1S/C18H21N3O2S.ClH/c1-11-8-14(4-6-19-11)17(22)21-18-20-15(10-24-18)12-2-3-16-13(9-12)5-7-23-16;/h2-3,9-11,14,19H,4-8H2,1H3,(H,20,21,22);1H/t11-,14-;/m0./s1. The van der Waals surface area contributed by atoms with E-state index in [9.17, 15) is 4.79 Å². The summed E-state index contributed by atoms with van der Waals surface area (Å²) in [6, 6.07) is 6.57. The molecule has 1 amide bonds. The minimum atomic E-state index is 0. The SMILES string of the molecule is C[C@H]1C[C@@H](C(=O)Nc2nc(-c3ccc4c(c3)CCO4)cs2)CCN1.Cl. The van der Waals surface area contributed by atoms with E-state index in [1.165, 1.54) is 16.9 Å². The quantitative estimate of drug-likeness (QED) is 0.856. The predicted molar refractivity (Wildman–Crippen MR) is 103 cm³/mol. The van der Waals surface area contributed by atoms with Crippen LogP contribution < -0.4 is 15.4 Å². The third-order valence-corrected chi connectivity index (χ3v) is 5.47. The fourth-order valence-electron chi connectivity index (χ4n) is 3.39. The summed E-state index contributed by atoms with van der Waals surface area (Å²) in [5.41, 5.74) is 3.21. The second-order valence-electron chi connectivity index (χ2n) is 6.52. The highest BCUT2D eigenvalue weighted by Gasteiger charge is 2.25. The molecule has 134 valence electrons. The second kappa shape index (κ2) is 7.72. The average Bonchev–Trinajstić information content (AvgIpc) is 3.23. The largest absolute Gasteiger partial charge is 0.493 e. The molecule has 2 atom stereocenters. The van der Waals surface area contributed by atoms with Crippen molar-refractivity contribution >= 4 is 34.8 Å². The van der Waals surface area contributed by atoms with E-state index in [0.29, 0.717) is 11.2 Å². The topological polar surface area (TPSA) is 63.2 Å². The van der Waals surface area contributed by atoms with Crippen LogP contribution >= 0.6 is 23.7 Å². The van der Waals surface area contributed by atoms with Crippen molar-refractivity contribution in [2.24, 2.45) is 5.92 Å². The van der Waals surface area contributed by atoms with E-state index in [1.807, 2.05) is 17.5 Å². The van der Waals surface area contributed by atoms with Gasteiger partial charge in [0.1, 0.15) is 5.75 Å². The number of halogens is 1. The van der Waals surface area contributed by atoms with Gasteiger partial charge in [-0.15, -0.1) is 23.7 Å². The van der Waals surface area contributed by atoms with Gasteiger partial charge in [-0.1, -0.05) is 0 Å². The molecule has 7 heteroatoms. The molecule has 0 saturated carbocycles. The summed E-state index contributed by atoms with van der Waals surface area (Å²) in [6.45, 7) is 3.78. The molecule has 1 aromatic heterocycles. The van der Waals surface area contributed by atoms with Gasteiger partial charge in [0.15, 0.2) is 5.13 Å². The number of nitrogens with zero attached hydrogens (tertiary/aromatic N) is 1. The number of carbonyl (C=O) groups is 1. The van der Waals surface area contributed by atoms with Crippen molar-refractivity contribution < 1.29 is 9.53 Å². The fraction of sp³-hybridized carbons (Fsp3) is 0.444. The number of benzene rings is 1. The zero-order valence-electron chi connectivity index (χ0n) is 14.1. The van der Waals surface area contributed by atoms with Crippen molar-refractivity contribution in [3.63, 3.8) is 0 Å². The van der Waals surface area contributed by atoms with Crippen LogP contribution in [0.4, 0.5) is 5.13 Å². The maximum absolute atomic E-state index is 12.4. The lowest BCUT2D eigenvalue weighted by molar-refractivity contribution is -0.120. The molecule has 2 aliphatic rings. The molecule has 1 aromatic carbocycles. The third-order valence-electron chi connectivity index (χ3n) is 4.71. The van der Waals surface area contributed by atoms with E-state index >= 15 is 0 Å². The molecule has 1 saturated heterocycles. The van der Waals surface area contributed by atoms with Crippen LogP contribution in [-0.4, -0.2) is 30.1 Å². The highest BCUT2D eigenvalue weighted by molar-refractivity contribution is 7.14. The number of ether oxygens (including phenoxy) is 1. The lowest BCUT2D eigenvalue weighted by Gasteiger charge is -2.26. The van der Waals surface area contributed by atoms with Gasteiger partial charge in [0, 0.05) is 29.3 Å². The van der Waals surface area contributed by atoms with Gasteiger partial charge < -0.3 is 15.4 Å². The number of fused-ring (bicyclic) bond motifs is 1. The Hall–Kier alpha value is -1.63. The molecular weight excluding hydrogens is 358 g/mol. The number of amides is 1. The first-order valence-corrected chi connectivity index (χ1v) is 9.33. The van der Waals surface area contributed by atoms with Gasteiger partial charge >= 0.3 is 0 Å². The Balaban J connectivity index is 0.00000182. The van der Waals surface area contributed by atoms with E-state index in [0.717, 1.165) is 49.4 Å². The highest BCUT2D eigenvalue weighted by atomic mass is 35.5. The smallest absolute Gasteiger partial charge is 0.229 e. The first-order valence-electron chi connectivity index (χ1n) is 8.45. The molecule has 25 heavy (non-hydrogen) atoms. The maximum atomic E-state index is 12.4. The van der Waals surface area contributed by atoms with E-state index < -0.39 is 0 Å². The first kappa shape index (κ1) is 18.2. The number of anilines is 1. The van der Waals surface area contributed by atoms with Gasteiger partial charge in [-0.05, 0) is 50.1 Å². The van der Waals surface area contributed by atoms with E-state index in [4.69, 9.17) is 4.74 Å². The Labute approximate surface area is 157 Å². The molecule has 0 aliphatic carbocycles. The molecule has 3 heterocycles. The molecule has 5 nitrogen and oxygen atoms in total. The minimum absolute atomic E-state index is 0. The van der Waals surface area contributed by atoms with Crippen LogP contribution in [0.15, 0.2) is 23.6 Å². The van der Waals surface area contributed by atoms with Gasteiger partial charge in [0.2, 0.25) is 5.91 Å². The van der Waals surface area contributed by atoms with E-state index in [1.54, 1.807) is 0 Å². The van der Waals surface area contributed by atoms with Crippen molar-refractivity contribution in [2.45, 2.75) is 32.2 Å². The van der Waals surface area contributed by atoms with Crippen LogP contribution in [0, 0.1) is 5.92 Å². The summed E-state index contributed by atoms with van der Waals surface area (Å²) in [5, 5.41) is 9.04. The summed E-state index contributed by atoms with van der Waals surface area (Å²) in [6.07, 6.45) is 2.72. The third kappa shape index (κ3) is 3.97. The maximum Gasteiger partial charge on any atom is 0.229 e. The van der Waals surface area contributed by atoms with Crippen LogP contribution in [0.25, 0.3) is 11.3 Å². The monoisotopic (exact) mass is 379 g/mol. The number of carbonyl (C=O) groups excluding carboxylic acids is 1. The molecule has 0 spiro atoms.